The molecule has 0 saturated heterocycles. The monoisotopic (exact) mass is 245 g/mol. The molecular weight excluding hydrogens is 234 g/mol. The van der Waals surface area contributed by atoms with Gasteiger partial charge in [0.2, 0.25) is 0 Å². The third-order valence-electron chi connectivity index (χ3n) is 2.55. The molecule has 0 bridgehead atoms. The van der Waals surface area contributed by atoms with Crippen LogP contribution in [0.25, 0.3) is 0 Å². The normalized spacial score (nSPS) is 10.9. The summed E-state index contributed by atoms with van der Waals surface area (Å²) in [6.45, 7) is 0.562. The summed E-state index contributed by atoms with van der Waals surface area (Å²) in [5, 5.41) is 22.0. The van der Waals surface area contributed by atoms with Gasteiger partial charge in [0.1, 0.15) is 0 Å². The quantitative estimate of drug-likeness (QED) is 0.388. The van der Waals surface area contributed by atoms with Crippen molar-refractivity contribution in [2.45, 2.75) is 6.54 Å². The molecule has 6 nitrogen and oxygen atoms in total. The Morgan fingerprint density at radius 3 is 2.67 bits per heavy atom. The van der Waals surface area contributed by atoms with Crippen LogP contribution in [0.1, 0.15) is 11.3 Å². The van der Waals surface area contributed by atoms with Gasteiger partial charge in [-0.05, 0) is 17.7 Å². The molecule has 18 heavy (non-hydrogen) atoms. The molecule has 1 heterocycles. The maximum atomic E-state index is 10.5. The molecule has 0 fully saturated rings. The maximum absolute atomic E-state index is 10.5. The predicted octanol–water partition coefficient (Wildman–Crippen LogP) is 2.25. The molecule has 0 aliphatic carbocycles. The first-order chi connectivity index (χ1) is 8.70. The highest BCUT2D eigenvalue weighted by Crippen LogP contribution is 2.13. The number of nitrogens with zero attached hydrogens (tertiary/aromatic N) is 3. The fraction of sp³-hybridized carbons (Fsp3) is 0.0833. The summed E-state index contributed by atoms with van der Waals surface area (Å²) in [6, 6.07) is 10.0. The Balaban J connectivity index is 2.18. The van der Waals surface area contributed by atoms with Crippen LogP contribution in [-0.4, -0.2) is 20.9 Å². The van der Waals surface area contributed by atoms with Gasteiger partial charge in [-0.25, -0.2) is 0 Å². The van der Waals surface area contributed by atoms with Gasteiger partial charge >= 0.3 is 0 Å². The summed E-state index contributed by atoms with van der Waals surface area (Å²) < 4.78 is 1.88. The molecule has 0 amide bonds. The number of benzene rings is 1. The van der Waals surface area contributed by atoms with Crippen molar-refractivity contribution >= 4 is 11.9 Å². The van der Waals surface area contributed by atoms with E-state index in [4.69, 9.17) is 5.21 Å². The first-order valence-electron chi connectivity index (χ1n) is 5.26. The Bertz CT molecular complexity index is 573. The van der Waals surface area contributed by atoms with Crippen LogP contribution >= 0.6 is 0 Å². The van der Waals surface area contributed by atoms with Crippen LogP contribution in [0.15, 0.2) is 47.8 Å². The molecule has 0 atom stereocenters. The number of non-ortho nitro benzene ring substituents is 1. The Hall–Kier alpha value is -2.63. The van der Waals surface area contributed by atoms with Crippen molar-refractivity contribution in [2.75, 3.05) is 0 Å². The highest BCUT2D eigenvalue weighted by Gasteiger charge is 2.05. The van der Waals surface area contributed by atoms with E-state index in [0.717, 1.165) is 11.3 Å². The fourth-order valence-electron chi connectivity index (χ4n) is 1.67. The van der Waals surface area contributed by atoms with Crippen LogP contribution in [0.2, 0.25) is 0 Å². The lowest BCUT2D eigenvalue weighted by atomic mass is 10.2. The van der Waals surface area contributed by atoms with E-state index in [0.29, 0.717) is 6.54 Å². The standard InChI is InChI=1S/C12H11N3O3/c16-13-8-12-2-1-7-14(12)9-10-3-5-11(6-4-10)15(17)18/h1-8,16H,9H2. The average molecular weight is 245 g/mol. The third kappa shape index (κ3) is 2.54. The Morgan fingerprint density at radius 2 is 2.06 bits per heavy atom. The zero-order valence-corrected chi connectivity index (χ0v) is 9.43. The molecule has 2 rings (SSSR count). The Morgan fingerprint density at radius 1 is 1.33 bits per heavy atom. The predicted molar refractivity (Wildman–Crippen MR) is 66.0 cm³/mol. The van der Waals surface area contributed by atoms with E-state index in [1.54, 1.807) is 12.1 Å². The molecule has 2 aromatic rings. The minimum atomic E-state index is -0.427. The van der Waals surface area contributed by atoms with Gasteiger partial charge in [-0.1, -0.05) is 17.3 Å². The van der Waals surface area contributed by atoms with Crippen molar-refractivity contribution in [3.8, 4) is 0 Å². The van der Waals surface area contributed by atoms with Crippen molar-refractivity contribution in [1.29, 1.82) is 0 Å². The number of nitro benzene ring substituents is 1. The van der Waals surface area contributed by atoms with Crippen molar-refractivity contribution in [3.05, 3.63) is 64.0 Å². The number of rotatable bonds is 4. The molecule has 1 N–H and O–H groups in total. The van der Waals surface area contributed by atoms with Gasteiger partial charge in [-0.2, -0.15) is 0 Å². The molecule has 0 aliphatic rings. The second-order valence-corrected chi connectivity index (χ2v) is 3.73. The highest BCUT2D eigenvalue weighted by molar-refractivity contribution is 5.76. The van der Waals surface area contributed by atoms with Gasteiger partial charge in [0.25, 0.3) is 5.69 Å². The number of nitro groups is 1. The van der Waals surface area contributed by atoms with E-state index in [2.05, 4.69) is 5.16 Å². The molecule has 1 aromatic carbocycles. The molecule has 0 spiro atoms. The maximum Gasteiger partial charge on any atom is 0.269 e. The smallest absolute Gasteiger partial charge is 0.269 e. The lowest BCUT2D eigenvalue weighted by molar-refractivity contribution is -0.384. The summed E-state index contributed by atoms with van der Waals surface area (Å²) in [5.74, 6) is 0. The minimum Gasteiger partial charge on any atom is -0.411 e. The molecule has 1 aromatic heterocycles. The van der Waals surface area contributed by atoms with Gasteiger partial charge in [0.15, 0.2) is 0 Å². The first-order valence-corrected chi connectivity index (χ1v) is 5.26. The van der Waals surface area contributed by atoms with Crippen LogP contribution in [0.5, 0.6) is 0 Å². The molecule has 92 valence electrons. The number of oxime groups is 1. The second kappa shape index (κ2) is 5.13. The summed E-state index contributed by atoms with van der Waals surface area (Å²) in [4.78, 5) is 10.1. The van der Waals surface area contributed by atoms with Crippen LogP contribution in [0.3, 0.4) is 0 Å². The van der Waals surface area contributed by atoms with E-state index in [-0.39, 0.29) is 5.69 Å². The van der Waals surface area contributed by atoms with Crippen LogP contribution < -0.4 is 0 Å². The second-order valence-electron chi connectivity index (χ2n) is 3.73. The van der Waals surface area contributed by atoms with Gasteiger partial charge in [0, 0.05) is 24.9 Å². The zero-order chi connectivity index (χ0) is 13.0. The highest BCUT2D eigenvalue weighted by atomic mass is 16.6. The van der Waals surface area contributed by atoms with Gasteiger partial charge in [0.05, 0.1) is 16.8 Å². The summed E-state index contributed by atoms with van der Waals surface area (Å²) in [5.41, 5.74) is 1.77. The van der Waals surface area contributed by atoms with E-state index in [1.165, 1.54) is 18.3 Å². The first kappa shape index (κ1) is 11.8. The number of hydrogen-bond donors (Lipinski definition) is 1. The fourth-order valence-corrected chi connectivity index (χ4v) is 1.67. The minimum absolute atomic E-state index is 0.0726. The topological polar surface area (TPSA) is 80.7 Å². The summed E-state index contributed by atoms with van der Waals surface area (Å²) in [7, 11) is 0. The Kier molecular flexibility index (Phi) is 3.38. The molecule has 0 unspecified atom stereocenters. The SMILES string of the molecule is O=[N+]([O-])c1ccc(Cn2cccc2C=NO)cc1. The largest absolute Gasteiger partial charge is 0.411 e. The van der Waals surface area contributed by atoms with Crippen LogP contribution in [0, 0.1) is 10.1 Å². The molecule has 6 heteroatoms. The van der Waals surface area contributed by atoms with Gasteiger partial charge in [-0.3, -0.25) is 10.1 Å². The van der Waals surface area contributed by atoms with Crippen molar-refractivity contribution < 1.29 is 10.1 Å². The van der Waals surface area contributed by atoms with E-state index in [1.807, 2.05) is 22.9 Å². The molecular formula is C12H11N3O3. The lowest BCUT2D eigenvalue weighted by Gasteiger charge is -2.05. The zero-order valence-electron chi connectivity index (χ0n) is 9.43. The molecule has 0 saturated carbocycles. The van der Waals surface area contributed by atoms with Crippen molar-refractivity contribution in [1.82, 2.24) is 4.57 Å². The summed E-state index contributed by atoms with van der Waals surface area (Å²) in [6.07, 6.45) is 3.18. The van der Waals surface area contributed by atoms with Gasteiger partial charge in [-0.15, -0.1) is 0 Å². The molecule has 0 radical (unpaired) electrons. The van der Waals surface area contributed by atoms with Crippen LogP contribution in [-0.2, 0) is 6.54 Å². The number of hydrogen-bond acceptors (Lipinski definition) is 4. The Labute approximate surface area is 103 Å². The van der Waals surface area contributed by atoms with Crippen molar-refractivity contribution in [3.63, 3.8) is 0 Å². The molecule has 0 aliphatic heterocycles. The van der Waals surface area contributed by atoms with Gasteiger partial charge < -0.3 is 9.77 Å². The number of aromatic nitrogens is 1. The van der Waals surface area contributed by atoms with E-state index >= 15 is 0 Å². The average Bonchev–Trinajstić information content (AvgIpc) is 2.78. The van der Waals surface area contributed by atoms with E-state index < -0.39 is 4.92 Å². The van der Waals surface area contributed by atoms with Crippen LogP contribution in [0.4, 0.5) is 5.69 Å². The lowest BCUT2D eigenvalue weighted by Crippen LogP contribution is -2.02. The van der Waals surface area contributed by atoms with E-state index in [9.17, 15) is 10.1 Å². The third-order valence-corrected chi connectivity index (χ3v) is 2.55. The van der Waals surface area contributed by atoms with Crippen molar-refractivity contribution in [2.24, 2.45) is 5.16 Å². The summed E-state index contributed by atoms with van der Waals surface area (Å²) >= 11 is 0.